The van der Waals surface area contributed by atoms with E-state index in [1.54, 1.807) is 45.5 Å². The third kappa shape index (κ3) is 10.9. The minimum atomic E-state index is -0.862. The molecule has 13 heteroatoms. The Kier molecular flexibility index (Phi) is 12.5. The number of hydrogen-bond donors (Lipinski definition) is 3. The molecule has 1 aromatic heterocycles. The Hall–Kier alpha value is -3.61. The van der Waals surface area contributed by atoms with E-state index in [2.05, 4.69) is 20.9 Å². The van der Waals surface area contributed by atoms with Crippen molar-refractivity contribution >= 4 is 69.9 Å². The second kappa shape index (κ2) is 16.6. The Bertz CT molecular complexity index is 1810. The van der Waals surface area contributed by atoms with Crippen LogP contribution in [0.25, 0.3) is 11.3 Å². The van der Waals surface area contributed by atoms with Gasteiger partial charge in [-0.05, 0) is 69.0 Å². The maximum absolute atomic E-state index is 13.5. The number of anilines is 1. The van der Waals surface area contributed by atoms with Crippen LogP contribution in [-0.4, -0.2) is 57.4 Å². The molecule has 1 saturated heterocycles. The van der Waals surface area contributed by atoms with E-state index in [0.717, 1.165) is 59.2 Å². The number of amides is 3. The van der Waals surface area contributed by atoms with E-state index in [9.17, 15) is 14.4 Å². The molecule has 3 N–H and O–H groups in total. The second-order valence-corrected chi connectivity index (χ2v) is 16.6. The topological polar surface area (TPSA) is 113 Å². The molecule has 0 unspecified atom stereocenters. The van der Waals surface area contributed by atoms with Gasteiger partial charge in [0.1, 0.15) is 11.6 Å². The van der Waals surface area contributed by atoms with E-state index >= 15 is 0 Å². The van der Waals surface area contributed by atoms with Crippen molar-refractivity contribution in [2.45, 2.75) is 74.4 Å². The maximum atomic E-state index is 13.5. The molecule has 1 aliphatic heterocycles. The number of alkyl carbamates (subject to hydrolysis) is 1. The molecule has 264 valence electrons. The van der Waals surface area contributed by atoms with Crippen molar-refractivity contribution in [1.82, 2.24) is 20.5 Å². The van der Waals surface area contributed by atoms with Crippen LogP contribution in [0.15, 0.2) is 82.5 Å². The van der Waals surface area contributed by atoms with E-state index in [1.165, 1.54) is 11.3 Å². The molecule has 0 radical (unpaired) electrons. The number of aromatic nitrogens is 1. The smallest absolute Gasteiger partial charge is 0.408 e. The van der Waals surface area contributed by atoms with E-state index in [4.69, 9.17) is 32.9 Å². The van der Waals surface area contributed by atoms with Gasteiger partial charge in [0.05, 0.1) is 20.6 Å². The number of likely N-dealkylation sites (tertiary alicyclic amines) is 1. The Morgan fingerprint density at radius 1 is 0.980 bits per heavy atom. The number of nitrogens with one attached hydrogen (secondary N) is 3. The summed E-state index contributed by atoms with van der Waals surface area (Å²) >= 11 is 15.4. The zero-order valence-corrected chi connectivity index (χ0v) is 31.6. The summed E-state index contributed by atoms with van der Waals surface area (Å²) in [5.41, 5.74) is 3.45. The third-order valence-electron chi connectivity index (χ3n) is 7.94. The summed E-state index contributed by atoms with van der Waals surface area (Å²) in [5, 5.41) is 12.0. The molecule has 9 nitrogen and oxygen atoms in total. The van der Waals surface area contributed by atoms with Crippen LogP contribution < -0.4 is 16.0 Å². The van der Waals surface area contributed by atoms with Crippen LogP contribution in [-0.2, 0) is 27.3 Å². The summed E-state index contributed by atoms with van der Waals surface area (Å²) in [6.07, 6.45) is 1.12. The molecule has 0 saturated carbocycles. The van der Waals surface area contributed by atoms with E-state index in [1.807, 2.05) is 72.1 Å². The predicted octanol–water partition coefficient (Wildman–Crippen LogP) is 8.41. The Balaban J connectivity index is 1.25. The quantitative estimate of drug-likeness (QED) is 0.132. The Morgan fingerprint density at radius 3 is 2.40 bits per heavy atom. The van der Waals surface area contributed by atoms with Gasteiger partial charge < -0.3 is 20.7 Å². The lowest BCUT2D eigenvalue weighted by Crippen LogP contribution is -2.52. The number of carbonyl (C=O) groups excluding carboxylic acids is 3. The first-order valence-corrected chi connectivity index (χ1v) is 18.8. The number of benzene rings is 3. The average Bonchev–Trinajstić information content (AvgIpc) is 3.51. The number of hydrogen-bond acceptors (Lipinski definition) is 8. The van der Waals surface area contributed by atoms with Crippen molar-refractivity contribution in [2.75, 3.05) is 18.4 Å². The van der Waals surface area contributed by atoms with Gasteiger partial charge in [-0.25, -0.2) is 9.78 Å². The Morgan fingerprint density at radius 2 is 1.72 bits per heavy atom. The maximum Gasteiger partial charge on any atom is 0.408 e. The van der Waals surface area contributed by atoms with Crippen LogP contribution in [0.1, 0.15) is 51.7 Å². The second-order valence-electron chi connectivity index (χ2n) is 13.3. The largest absolute Gasteiger partial charge is 0.444 e. The summed E-state index contributed by atoms with van der Waals surface area (Å²) in [4.78, 5) is 45.3. The minimum Gasteiger partial charge on any atom is -0.444 e. The number of thiazole rings is 1. The number of halogens is 2. The number of nitrogens with zero attached hydrogens (tertiary/aromatic N) is 2. The van der Waals surface area contributed by atoms with Gasteiger partial charge in [-0.15, -0.1) is 11.3 Å². The molecular formula is C37H41Cl2N5O4S2. The zero-order valence-electron chi connectivity index (χ0n) is 28.4. The fraction of sp³-hybridized carbons (Fsp3) is 0.351. The van der Waals surface area contributed by atoms with Gasteiger partial charge in [0.25, 0.3) is 0 Å². The van der Waals surface area contributed by atoms with Crippen LogP contribution in [0.3, 0.4) is 0 Å². The van der Waals surface area contributed by atoms with Crippen LogP contribution in [0.2, 0.25) is 10.0 Å². The molecular weight excluding hydrogens is 713 g/mol. The molecule has 4 aromatic rings. The van der Waals surface area contributed by atoms with Gasteiger partial charge in [0.15, 0.2) is 4.34 Å². The summed E-state index contributed by atoms with van der Waals surface area (Å²) in [6.45, 7) is 9.20. The molecule has 1 atom stereocenters. The minimum absolute atomic E-state index is 0.0811. The van der Waals surface area contributed by atoms with Crippen molar-refractivity contribution in [2.24, 2.45) is 0 Å². The molecule has 50 heavy (non-hydrogen) atoms. The number of carbonyl (C=O) groups is 3. The zero-order chi connectivity index (χ0) is 35.9. The highest BCUT2D eigenvalue weighted by molar-refractivity contribution is 8.02. The third-order valence-corrected chi connectivity index (χ3v) is 11.0. The summed E-state index contributed by atoms with van der Waals surface area (Å²) in [5.74, 6) is -0.448. The van der Waals surface area contributed by atoms with E-state index in [0.29, 0.717) is 22.2 Å². The lowest BCUT2D eigenvalue weighted by atomic mass is 10.0. The first-order valence-electron chi connectivity index (χ1n) is 16.3. The fourth-order valence-electron chi connectivity index (χ4n) is 5.64. The van der Waals surface area contributed by atoms with E-state index in [-0.39, 0.29) is 11.8 Å². The van der Waals surface area contributed by atoms with Crippen LogP contribution in [0, 0.1) is 0 Å². The molecule has 2 heterocycles. The van der Waals surface area contributed by atoms with Gasteiger partial charge in [-0.1, -0.05) is 83.5 Å². The van der Waals surface area contributed by atoms with Crippen molar-refractivity contribution in [3.63, 3.8) is 0 Å². The number of piperidine rings is 1. The first-order chi connectivity index (χ1) is 23.8. The van der Waals surface area contributed by atoms with E-state index < -0.39 is 22.6 Å². The predicted molar refractivity (Wildman–Crippen MR) is 203 cm³/mol. The van der Waals surface area contributed by atoms with Crippen LogP contribution >= 0.6 is 46.3 Å². The number of rotatable bonds is 11. The molecule has 1 aliphatic rings. The molecule has 1 fully saturated rings. The molecule has 3 aromatic carbocycles. The summed E-state index contributed by atoms with van der Waals surface area (Å²) < 4.78 is 6.27. The highest BCUT2D eigenvalue weighted by atomic mass is 35.5. The highest BCUT2D eigenvalue weighted by Crippen LogP contribution is 2.42. The molecule has 3 amide bonds. The SMILES string of the molecule is CC(=O)NC1(Sc2nc(-c3cccc(NC(=O)[C@@H](Cc4ccccc4)NC(=O)OC(C)(C)C)c3)cs2)CCN(Cc2ccc(Cl)c(Cl)c2)CC1. The normalized spacial score (nSPS) is 15.2. The molecule has 0 spiro atoms. The van der Waals surface area contributed by atoms with Gasteiger partial charge in [0, 0.05) is 49.6 Å². The monoisotopic (exact) mass is 753 g/mol. The average molecular weight is 755 g/mol. The molecule has 0 aliphatic carbocycles. The number of thioether (sulfide) groups is 1. The lowest BCUT2D eigenvalue weighted by molar-refractivity contribution is -0.120. The lowest BCUT2D eigenvalue weighted by Gasteiger charge is -2.41. The van der Waals surface area contributed by atoms with Gasteiger partial charge in [-0.3, -0.25) is 14.5 Å². The van der Waals surface area contributed by atoms with Crippen molar-refractivity contribution in [1.29, 1.82) is 0 Å². The molecule has 5 rings (SSSR count). The van der Waals surface area contributed by atoms with Gasteiger partial charge in [-0.2, -0.15) is 0 Å². The first kappa shape index (κ1) is 37.6. The van der Waals surface area contributed by atoms with Crippen molar-refractivity contribution in [3.8, 4) is 11.3 Å². The van der Waals surface area contributed by atoms with Crippen LogP contribution in [0.4, 0.5) is 10.5 Å². The fourth-order valence-corrected chi connectivity index (χ4v) is 8.39. The molecule has 0 bridgehead atoms. The van der Waals surface area contributed by atoms with Gasteiger partial charge >= 0.3 is 6.09 Å². The highest BCUT2D eigenvalue weighted by Gasteiger charge is 2.37. The van der Waals surface area contributed by atoms with Gasteiger partial charge in [0.2, 0.25) is 11.8 Å². The summed E-state index contributed by atoms with van der Waals surface area (Å²) in [6, 6.07) is 21.8. The Labute approximate surface area is 311 Å². The standard InChI is InChI=1S/C37H41Cl2N5O4S2/c1-24(45)43-37(15-17-44(18-16-37)22-26-13-14-29(38)30(39)19-26)50-35-42-32(23-49-35)27-11-8-12-28(21-27)40-33(46)31(20-25-9-6-5-7-10-25)41-34(47)48-36(2,3)4/h5-14,19,21,23,31H,15-18,20,22H2,1-4H3,(H,40,46)(H,41,47)(H,43,45)/t31-/m1/s1. The van der Waals surface area contributed by atoms with Crippen LogP contribution in [0.5, 0.6) is 0 Å². The van der Waals surface area contributed by atoms with Crippen molar-refractivity contribution < 1.29 is 19.1 Å². The summed E-state index contributed by atoms with van der Waals surface area (Å²) in [7, 11) is 0. The van der Waals surface area contributed by atoms with Crippen molar-refractivity contribution in [3.05, 3.63) is 99.3 Å². The number of ether oxygens (including phenoxy) is 1.